The van der Waals surface area contributed by atoms with Gasteiger partial charge < -0.3 is 11.1 Å². The molecular weight excluding hydrogens is 312 g/mol. The lowest BCUT2D eigenvalue weighted by atomic mass is 9.47. The molecule has 1 aromatic carbocycles. The minimum Gasteiger partial charge on any atom is -0.369 e. The molecule has 0 spiro atoms. The molecule has 0 aromatic heterocycles. The third-order valence-corrected chi connectivity index (χ3v) is 7.60. The van der Waals surface area contributed by atoms with Gasteiger partial charge in [0.1, 0.15) is 0 Å². The van der Waals surface area contributed by atoms with E-state index in [9.17, 15) is 9.59 Å². The molecule has 0 saturated heterocycles. The van der Waals surface area contributed by atoms with Gasteiger partial charge in [0.2, 0.25) is 11.8 Å². The maximum atomic E-state index is 13.2. The molecule has 5 aliphatic rings. The lowest BCUT2D eigenvalue weighted by molar-refractivity contribution is -0.152. The molecule has 2 amide bonds. The van der Waals surface area contributed by atoms with Crippen molar-refractivity contribution >= 4 is 11.8 Å². The van der Waals surface area contributed by atoms with E-state index >= 15 is 0 Å². The molecule has 3 atom stereocenters. The van der Waals surface area contributed by atoms with Gasteiger partial charge in [-0.1, -0.05) is 30.3 Å². The summed E-state index contributed by atoms with van der Waals surface area (Å²) in [4.78, 5) is 25.7. The first kappa shape index (κ1) is 15.4. The molecule has 5 saturated carbocycles. The molecule has 4 heteroatoms. The Morgan fingerprint density at radius 3 is 2.20 bits per heavy atom. The first-order valence-electron chi connectivity index (χ1n) is 9.70. The van der Waals surface area contributed by atoms with Crippen molar-refractivity contribution in [3.8, 4) is 0 Å². The fraction of sp³-hybridized carbons (Fsp3) is 0.619. The highest BCUT2D eigenvalue weighted by molar-refractivity contribution is 5.92. The molecule has 5 fully saturated rings. The van der Waals surface area contributed by atoms with Gasteiger partial charge in [-0.25, -0.2) is 0 Å². The minimum absolute atomic E-state index is 0.0634. The van der Waals surface area contributed by atoms with Crippen molar-refractivity contribution in [3.63, 3.8) is 0 Å². The summed E-state index contributed by atoms with van der Waals surface area (Å²) in [6.45, 7) is 0. The highest BCUT2D eigenvalue weighted by Crippen LogP contribution is 2.60. The van der Waals surface area contributed by atoms with Crippen molar-refractivity contribution in [2.45, 2.75) is 56.4 Å². The Hall–Kier alpha value is -1.84. The van der Waals surface area contributed by atoms with Crippen molar-refractivity contribution in [1.82, 2.24) is 5.32 Å². The Labute approximate surface area is 148 Å². The summed E-state index contributed by atoms with van der Waals surface area (Å²) in [6.07, 6.45) is 7.09. The van der Waals surface area contributed by atoms with E-state index in [0.717, 1.165) is 44.1 Å². The second kappa shape index (κ2) is 5.09. The standard InChI is InChI=1S/C21H26N2O2/c22-18(24)21-11-13-8-14(12-21)10-15(9-13)17(21)23-19(25)20(6-7-20)16-4-2-1-3-5-16/h1-5,13-15,17H,6-12H2,(H2,22,24)(H,23,25). The number of carbonyl (C=O) groups excluding carboxylic acids is 2. The highest BCUT2D eigenvalue weighted by Gasteiger charge is 2.62. The molecule has 0 radical (unpaired) electrons. The van der Waals surface area contributed by atoms with Gasteiger partial charge in [-0.15, -0.1) is 0 Å². The van der Waals surface area contributed by atoms with E-state index in [1.54, 1.807) is 0 Å². The van der Waals surface area contributed by atoms with E-state index in [1.165, 1.54) is 6.42 Å². The molecule has 4 bridgehead atoms. The summed E-state index contributed by atoms with van der Waals surface area (Å²) in [5.74, 6) is 1.59. The minimum atomic E-state index is -0.503. The van der Waals surface area contributed by atoms with Gasteiger partial charge in [-0.05, 0) is 68.3 Å². The van der Waals surface area contributed by atoms with Crippen molar-refractivity contribution in [2.24, 2.45) is 28.9 Å². The SMILES string of the molecule is NC(=O)C12CC3CC(CC(C3)C1NC(=O)C1(c3ccccc3)CC1)C2. The van der Waals surface area contributed by atoms with E-state index in [2.05, 4.69) is 5.32 Å². The van der Waals surface area contributed by atoms with Crippen molar-refractivity contribution in [1.29, 1.82) is 0 Å². The van der Waals surface area contributed by atoms with Crippen LogP contribution in [0.15, 0.2) is 30.3 Å². The largest absolute Gasteiger partial charge is 0.369 e. The van der Waals surface area contributed by atoms with Gasteiger partial charge in [-0.2, -0.15) is 0 Å². The van der Waals surface area contributed by atoms with Crippen LogP contribution in [0.1, 0.15) is 50.5 Å². The average Bonchev–Trinajstić information content (AvgIpc) is 3.40. The smallest absolute Gasteiger partial charge is 0.230 e. The molecule has 1 aromatic rings. The third kappa shape index (κ3) is 2.12. The number of rotatable bonds is 4. The van der Waals surface area contributed by atoms with Crippen LogP contribution in [0.2, 0.25) is 0 Å². The lowest BCUT2D eigenvalue weighted by Crippen LogP contribution is -2.67. The topological polar surface area (TPSA) is 72.2 Å². The Balaban J connectivity index is 1.43. The zero-order valence-corrected chi connectivity index (χ0v) is 14.5. The Bertz CT molecular complexity index is 711. The van der Waals surface area contributed by atoms with E-state index in [1.807, 2.05) is 30.3 Å². The zero-order valence-electron chi connectivity index (χ0n) is 14.5. The normalized spacial score (nSPS) is 39.8. The van der Waals surface area contributed by atoms with Gasteiger partial charge >= 0.3 is 0 Å². The van der Waals surface area contributed by atoms with Crippen molar-refractivity contribution in [3.05, 3.63) is 35.9 Å². The number of nitrogens with two attached hydrogens (primary N) is 1. The number of nitrogens with one attached hydrogen (secondary N) is 1. The predicted octanol–water partition coefficient (Wildman–Crippen LogP) is 2.51. The quantitative estimate of drug-likeness (QED) is 0.885. The van der Waals surface area contributed by atoms with Crippen molar-refractivity contribution in [2.75, 3.05) is 0 Å². The summed E-state index contributed by atoms with van der Waals surface area (Å²) in [7, 11) is 0. The predicted molar refractivity (Wildman–Crippen MR) is 94.5 cm³/mol. The number of hydrogen-bond acceptors (Lipinski definition) is 2. The van der Waals surface area contributed by atoms with E-state index in [-0.39, 0.29) is 23.3 Å². The summed E-state index contributed by atoms with van der Waals surface area (Å²) in [6, 6.07) is 10.0. The van der Waals surface area contributed by atoms with Crippen LogP contribution in [0.4, 0.5) is 0 Å². The van der Waals surface area contributed by atoms with Gasteiger partial charge in [0, 0.05) is 6.04 Å². The monoisotopic (exact) mass is 338 g/mol. The second-order valence-electron chi connectivity index (χ2n) is 9.03. The molecular formula is C21H26N2O2. The van der Waals surface area contributed by atoms with Crippen LogP contribution >= 0.6 is 0 Å². The van der Waals surface area contributed by atoms with Crippen LogP contribution < -0.4 is 11.1 Å². The van der Waals surface area contributed by atoms with Crippen LogP contribution in [-0.2, 0) is 15.0 Å². The molecule has 25 heavy (non-hydrogen) atoms. The van der Waals surface area contributed by atoms with Gasteiger partial charge in [-0.3, -0.25) is 9.59 Å². The molecule has 3 N–H and O–H groups in total. The first-order chi connectivity index (χ1) is 12.0. The molecule has 132 valence electrons. The number of hydrogen-bond donors (Lipinski definition) is 2. The van der Waals surface area contributed by atoms with Gasteiger partial charge in [0.05, 0.1) is 10.8 Å². The molecule has 0 aliphatic heterocycles. The average molecular weight is 338 g/mol. The molecule has 6 rings (SSSR count). The summed E-state index contributed by atoms with van der Waals surface area (Å²) in [5, 5.41) is 3.35. The van der Waals surface area contributed by atoms with Gasteiger partial charge in [0.25, 0.3) is 0 Å². The number of primary amides is 1. The number of carbonyl (C=O) groups is 2. The number of benzene rings is 1. The maximum Gasteiger partial charge on any atom is 0.230 e. The fourth-order valence-electron chi connectivity index (χ4n) is 6.46. The van der Waals surface area contributed by atoms with Crippen LogP contribution in [0.3, 0.4) is 0 Å². The molecule has 4 nitrogen and oxygen atoms in total. The van der Waals surface area contributed by atoms with E-state index in [0.29, 0.717) is 17.8 Å². The van der Waals surface area contributed by atoms with Gasteiger partial charge in [0.15, 0.2) is 0 Å². The van der Waals surface area contributed by atoms with E-state index in [4.69, 9.17) is 5.73 Å². The molecule has 0 heterocycles. The van der Waals surface area contributed by atoms with Crippen LogP contribution in [0, 0.1) is 23.2 Å². The Kier molecular flexibility index (Phi) is 3.14. The lowest BCUT2D eigenvalue weighted by Gasteiger charge is -2.59. The number of amides is 2. The van der Waals surface area contributed by atoms with E-state index < -0.39 is 5.41 Å². The molecule has 3 unspecified atom stereocenters. The van der Waals surface area contributed by atoms with Crippen molar-refractivity contribution < 1.29 is 9.59 Å². The van der Waals surface area contributed by atoms with Crippen LogP contribution in [0.25, 0.3) is 0 Å². The van der Waals surface area contributed by atoms with Crippen LogP contribution in [0.5, 0.6) is 0 Å². The summed E-state index contributed by atoms with van der Waals surface area (Å²) < 4.78 is 0. The second-order valence-corrected chi connectivity index (χ2v) is 9.03. The fourth-order valence-corrected chi connectivity index (χ4v) is 6.46. The molecule has 5 aliphatic carbocycles. The zero-order chi connectivity index (χ0) is 17.2. The third-order valence-electron chi connectivity index (χ3n) is 7.60. The maximum absolute atomic E-state index is 13.2. The first-order valence-corrected chi connectivity index (χ1v) is 9.70. The highest BCUT2D eigenvalue weighted by atomic mass is 16.2. The summed E-state index contributed by atoms with van der Waals surface area (Å²) >= 11 is 0. The summed E-state index contributed by atoms with van der Waals surface area (Å²) in [5.41, 5.74) is 6.12. The Morgan fingerprint density at radius 1 is 1.00 bits per heavy atom. The van der Waals surface area contributed by atoms with Crippen LogP contribution in [-0.4, -0.2) is 17.9 Å². The Morgan fingerprint density at radius 2 is 1.64 bits per heavy atom.